The predicted molar refractivity (Wildman–Crippen MR) is 130 cm³/mol. The van der Waals surface area contributed by atoms with Gasteiger partial charge in [-0.2, -0.15) is 0 Å². The molecule has 0 spiro atoms. The Balaban J connectivity index is 1.36. The first-order valence-electron chi connectivity index (χ1n) is 12.1. The first-order chi connectivity index (χ1) is 16.9. The van der Waals surface area contributed by atoms with Crippen molar-refractivity contribution in [3.63, 3.8) is 0 Å². The van der Waals surface area contributed by atoms with Gasteiger partial charge in [-0.05, 0) is 41.5 Å². The lowest BCUT2D eigenvalue weighted by atomic mass is 9.81. The highest BCUT2D eigenvalue weighted by Gasteiger charge is 2.42. The van der Waals surface area contributed by atoms with Crippen LogP contribution in [0.3, 0.4) is 0 Å². The van der Waals surface area contributed by atoms with Gasteiger partial charge in [0.15, 0.2) is 0 Å². The standard InChI is InChI=1S/C27H32N2O6/c1-29(14-6-12-24(30)31)25(32)27(13-7-15-34-18-27)17-28-26(33)35-16-23-21-10-4-2-8-19(21)20-9-3-5-11-22(20)23/h2-5,8-11,23H,6-7,12-18H2,1H3,(H,28,33)(H,30,31). The number of fused-ring (bicyclic) bond motifs is 3. The van der Waals surface area contributed by atoms with Crippen molar-refractivity contribution in [2.75, 3.05) is 40.0 Å². The average molecular weight is 481 g/mol. The Morgan fingerprint density at radius 2 is 1.77 bits per heavy atom. The number of nitrogens with zero attached hydrogens (tertiary/aromatic N) is 1. The van der Waals surface area contributed by atoms with Gasteiger partial charge in [0.05, 0.1) is 12.0 Å². The number of carbonyl (C=O) groups is 3. The van der Waals surface area contributed by atoms with Gasteiger partial charge in [0.2, 0.25) is 5.91 Å². The smallest absolute Gasteiger partial charge is 0.407 e. The monoisotopic (exact) mass is 480 g/mol. The third-order valence-corrected chi connectivity index (χ3v) is 6.92. The van der Waals surface area contributed by atoms with Crippen LogP contribution in [0, 0.1) is 5.41 Å². The molecule has 0 saturated carbocycles. The van der Waals surface area contributed by atoms with Crippen molar-refractivity contribution in [2.24, 2.45) is 5.41 Å². The second-order valence-corrected chi connectivity index (χ2v) is 9.34. The maximum absolute atomic E-state index is 13.3. The number of amides is 2. The molecule has 8 nitrogen and oxygen atoms in total. The van der Waals surface area contributed by atoms with Gasteiger partial charge >= 0.3 is 12.1 Å². The van der Waals surface area contributed by atoms with Crippen molar-refractivity contribution in [3.05, 3.63) is 59.7 Å². The van der Waals surface area contributed by atoms with Crippen molar-refractivity contribution in [3.8, 4) is 11.1 Å². The highest BCUT2D eigenvalue weighted by Crippen LogP contribution is 2.44. The molecule has 2 aromatic carbocycles. The first kappa shape index (κ1) is 24.7. The number of hydrogen-bond donors (Lipinski definition) is 2. The van der Waals surface area contributed by atoms with Crippen LogP contribution in [-0.2, 0) is 19.1 Å². The van der Waals surface area contributed by atoms with Gasteiger partial charge in [-0.25, -0.2) is 4.79 Å². The molecule has 1 heterocycles. The lowest BCUT2D eigenvalue weighted by Gasteiger charge is -2.38. The van der Waals surface area contributed by atoms with Crippen LogP contribution in [0.5, 0.6) is 0 Å². The van der Waals surface area contributed by atoms with E-state index in [1.54, 1.807) is 7.05 Å². The Morgan fingerprint density at radius 3 is 2.37 bits per heavy atom. The molecular weight excluding hydrogens is 448 g/mol. The van der Waals surface area contributed by atoms with Crippen LogP contribution in [0.15, 0.2) is 48.5 Å². The van der Waals surface area contributed by atoms with Crippen LogP contribution < -0.4 is 5.32 Å². The number of carboxylic acids is 1. The number of alkyl carbamates (subject to hydrolysis) is 1. The molecule has 35 heavy (non-hydrogen) atoms. The van der Waals surface area contributed by atoms with E-state index in [9.17, 15) is 14.4 Å². The molecule has 1 fully saturated rings. The van der Waals surface area contributed by atoms with Crippen LogP contribution in [0.1, 0.15) is 42.7 Å². The Hall–Kier alpha value is -3.39. The van der Waals surface area contributed by atoms with Gasteiger partial charge in [-0.15, -0.1) is 0 Å². The Kier molecular flexibility index (Phi) is 7.70. The summed E-state index contributed by atoms with van der Waals surface area (Å²) in [5, 5.41) is 11.7. The predicted octanol–water partition coefficient (Wildman–Crippen LogP) is 3.65. The average Bonchev–Trinajstić information content (AvgIpc) is 3.19. The van der Waals surface area contributed by atoms with Crippen LogP contribution in [-0.4, -0.2) is 67.9 Å². The van der Waals surface area contributed by atoms with Crippen LogP contribution in [0.4, 0.5) is 4.79 Å². The minimum Gasteiger partial charge on any atom is -0.481 e. The van der Waals surface area contributed by atoms with Crippen molar-refractivity contribution in [1.29, 1.82) is 0 Å². The van der Waals surface area contributed by atoms with E-state index in [4.69, 9.17) is 14.6 Å². The molecule has 0 aromatic heterocycles. The van der Waals surface area contributed by atoms with Gasteiger partial charge in [0.1, 0.15) is 6.61 Å². The van der Waals surface area contributed by atoms with Crippen molar-refractivity contribution in [2.45, 2.75) is 31.6 Å². The topological polar surface area (TPSA) is 105 Å². The van der Waals surface area contributed by atoms with Crippen molar-refractivity contribution >= 4 is 18.0 Å². The van der Waals surface area contributed by atoms with Crippen molar-refractivity contribution < 1.29 is 29.0 Å². The van der Waals surface area contributed by atoms with E-state index >= 15 is 0 Å². The molecule has 0 radical (unpaired) electrons. The number of hydrogen-bond acceptors (Lipinski definition) is 5. The molecule has 186 valence electrons. The number of benzene rings is 2. The highest BCUT2D eigenvalue weighted by molar-refractivity contribution is 5.84. The summed E-state index contributed by atoms with van der Waals surface area (Å²) in [7, 11) is 1.66. The lowest BCUT2D eigenvalue weighted by Crippen LogP contribution is -2.53. The SMILES string of the molecule is CN(CCCC(=O)O)C(=O)C1(CNC(=O)OCC2c3ccccc3-c3ccccc32)CCCOC1. The molecule has 2 N–H and O–H groups in total. The summed E-state index contributed by atoms with van der Waals surface area (Å²) in [6.45, 7) is 1.41. The van der Waals surface area contributed by atoms with E-state index in [1.807, 2.05) is 24.3 Å². The molecule has 1 unspecified atom stereocenters. The van der Waals surface area contributed by atoms with Gasteiger partial charge in [0.25, 0.3) is 0 Å². The zero-order valence-electron chi connectivity index (χ0n) is 20.0. The Bertz CT molecular complexity index is 1030. The maximum atomic E-state index is 13.3. The number of rotatable bonds is 9. The molecule has 4 rings (SSSR count). The third-order valence-electron chi connectivity index (χ3n) is 6.92. The number of carboxylic acid groups (broad SMARTS) is 1. The number of carbonyl (C=O) groups excluding carboxylic acids is 2. The van der Waals surface area contributed by atoms with Gasteiger partial charge in [-0.3, -0.25) is 9.59 Å². The largest absolute Gasteiger partial charge is 0.481 e. The molecule has 2 aliphatic rings. The summed E-state index contributed by atoms with van der Waals surface area (Å²) in [5.41, 5.74) is 3.70. The summed E-state index contributed by atoms with van der Waals surface area (Å²) in [6, 6.07) is 16.3. The van der Waals surface area contributed by atoms with E-state index in [2.05, 4.69) is 29.6 Å². The minimum atomic E-state index is -0.890. The summed E-state index contributed by atoms with van der Waals surface area (Å²) in [6.07, 6.45) is 1.09. The molecule has 2 aromatic rings. The highest BCUT2D eigenvalue weighted by atomic mass is 16.5. The summed E-state index contributed by atoms with van der Waals surface area (Å²) in [4.78, 5) is 38.3. The zero-order chi connectivity index (χ0) is 24.8. The quantitative estimate of drug-likeness (QED) is 0.568. The molecule has 1 aliphatic carbocycles. The lowest BCUT2D eigenvalue weighted by molar-refractivity contribution is -0.149. The fourth-order valence-electron chi connectivity index (χ4n) is 5.10. The van der Waals surface area contributed by atoms with E-state index in [0.29, 0.717) is 32.4 Å². The van der Waals surface area contributed by atoms with E-state index < -0.39 is 17.5 Å². The second-order valence-electron chi connectivity index (χ2n) is 9.34. The molecule has 1 saturated heterocycles. The normalized spacial score (nSPS) is 18.9. The maximum Gasteiger partial charge on any atom is 0.407 e. The second kappa shape index (κ2) is 10.9. The third kappa shape index (κ3) is 5.48. The Labute approximate surface area is 205 Å². The fraction of sp³-hybridized carbons (Fsp3) is 0.444. The molecule has 2 amide bonds. The zero-order valence-corrected chi connectivity index (χ0v) is 20.0. The van der Waals surface area contributed by atoms with Crippen molar-refractivity contribution in [1.82, 2.24) is 10.2 Å². The summed E-state index contributed by atoms with van der Waals surface area (Å²) in [5.74, 6) is -1.08. The first-order valence-corrected chi connectivity index (χ1v) is 12.1. The fourth-order valence-corrected chi connectivity index (χ4v) is 5.10. The van der Waals surface area contributed by atoms with Gasteiger partial charge in [0, 0.05) is 39.1 Å². The van der Waals surface area contributed by atoms with Crippen LogP contribution in [0.2, 0.25) is 0 Å². The minimum absolute atomic E-state index is 0.000873. The molecule has 1 atom stereocenters. The van der Waals surface area contributed by atoms with Crippen LogP contribution >= 0.6 is 0 Å². The van der Waals surface area contributed by atoms with Gasteiger partial charge < -0.3 is 24.8 Å². The molecular formula is C27H32N2O6. The van der Waals surface area contributed by atoms with E-state index in [-0.39, 0.29) is 38.0 Å². The molecule has 8 heteroatoms. The van der Waals surface area contributed by atoms with Crippen LogP contribution in [0.25, 0.3) is 11.1 Å². The number of nitrogens with one attached hydrogen (secondary N) is 1. The van der Waals surface area contributed by atoms with Gasteiger partial charge in [-0.1, -0.05) is 48.5 Å². The molecule has 0 bridgehead atoms. The summed E-state index contributed by atoms with van der Waals surface area (Å²) >= 11 is 0. The summed E-state index contributed by atoms with van der Waals surface area (Å²) < 4.78 is 11.2. The van der Waals surface area contributed by atoms with E-state index in [1.165, 1.54) is 4.90 Å². The Morgan fingerprint density at radius 1 is 1.11 bits per heavy atom. The number of ether oxygens (including phenoxy) is 2. The number of aliphatic carboxylic acids is 1. The molecule has 1 aliphatic heterocycles. The van der Waals surface area contributed by atoms with E-state index in [0.717, 1.165) is 22.3 Å².